The quantitative estimate of drug-likeness (QED) is 0.247. The van der Waals surface area contributed by atoms with Crippen LogP contribution in [-0.4, -0.2) is 82.9 Å². The van der Waals surface area contributed by atoms with Crippen molar-refractivity contribution in [3.63, 3.8) is 0 Å². The SMILES string of the molecule is COc1cc(N(C)S(C)(=O)=O)c(CNc2nc(Nc3cc(F)c(C(=O)NC4CCN(C)CC4)cc3OC)ncc2C(F)(F)F)cc1C. The Morgan fingerprint density at radius 3 is 2.36 bits per heavy atom. The number of methoxy groups -OCH3 is 2. The molecule has 0 unspecified atom stereocenters. The molecule has 2 aromatic carbocycles. The van der Waals surface area contributed by atoms with Crippen LogP contribution < -0.4 is 29.7 Å². The maximum Gasteiger partial charge on any atom is 0.421 e. The topological polar surface area (TPSA) is 138 Å². The maximum absolute atomic E-state index is 15.2. The lowest BCUT2D eigenvalue weighted by Gasteiger charge is -2.29. The van der Waals surface area contributed by atoms with Gasteiger partial charge in [-0.2, -0.15) is 18.2 Å². The van der Waals surface area contributed by atoms with E-state index in [1.54, 1.807) is 13.0 Å². The highest BCUT2D eigenvalue weighted by molar-refractivity contribution is 7.92. The Balaban J connectivity index is 1.63. The van der Waals surface area contributed by atoms with E-state index in [1.807, 2.05) is 7.05 Å². The second-order valence-electron chi connectivity index (χ2n) is 11.2. The number of nitrogens with one attached hydrogen (secondary N) is 3. The van der Waals surface area contributed by atoms with Gasteiger partial charge in [0.1, 0.15) is 28.7 Å². The third kappa shape index (κ3) is 8.51. The zero-order valence-corrected chi connectivity index (χ0v) is 27.6. The first-order valence-electron chi connectivity index (χ1n) is 14.4. The number of piperidine rings is 1. The minimum Gasteiger partial charge on any atom is -0.496 e. The number of nitrogens with zero attached hydrogens (tertiary/aromatic N) is 4. The Morgan fingerprint density at radius 1 is 1.11 bits per heavy atom. The zero-order chi connectivity index (χ0) is 34.7. The molecule has 1 fully saturated rings. The average molecular weight is 684 g/mol. The standard InChI is InChI=1S/C30H37F4N7O5S/c1-17-11-18(24(14-25(17)45-4)41(3)47(6,43)44)15-35-27-21(30(32,33)34)16-36-29(39-27)38-23-13-22(31)20(12-26(23)46-5)28(42)37-19-7-9-40(2)10-8-19/h11-14,16,19H,7-10,15H2,1-6H3,(H,37,42)(H2,35,36,38,39). The minimum atomic E-state index is -4.85. The number of halogens is 4. The van der Waals surface area contributed by atoms with Crippen LogP contribution in [0.5, 0.6) is 11.5 Å². The van der Waals surface area contributed by atoms with Crippen LogP contribution in [-0.2, 0) is 22.7 Å². The van der Waals surface area contributed by atoms with E-state index in [0.29, 0.717) is 23.1 Å². The first-order chi connectivity index (χ1) is 22.0. The molecule has 0 bridgehead atoms. The van der Waals surface area contributed by atoms with E-state index >= 15 is 4.39 Å². The lowest BCUT2D eigenvalue weighted by Crippen LogP contribution is -2.43. The van der Waals surface area contributed by atoms with Crippen molar-refractivity contribution in [2.45, 2.75) is 38.5 Å². The highest BCUT2D eigenvalue weighted by Crippen LogP contribution is 2.37. The van der Waals surface area contributed by atoms with E-state index < -0.39 is 39.3 Å². The van der Waals surface area contributed by atoms with E-state index in [4.69, 9.17) is 9.47 Å². The highest BCUT2D eigenvalue weighted by Gasteiger charge is 2.35. The Morgan fingerprint density at radius 2 is 1.77 bits per heavy atom. The second kappa shape index (κ2) is 14.2. The van der Waals surface area contributed by atoms with E-state index in [2.05, 4.69) is 30.8 Å². The number of hydrogen-bond donors (Lipinski definition) is 3. The molecule has 47 heavy (non-hydrogen) atoms. The normalized spacial score (nSPS) is 14.4. The lowest BCUT2D eigenvalue weighted by molar-refractivity contribution is -0.137. The predicted molar refractivity (Wildman–Crippen MR) is 170 cm³/mol. The fourth-order valence-corrected chi connectivity index (χ4v) is 5.59. The number of amides is 1. The molecule has 0 saturated carbocycles. The van der Waals surface area contributed by atoms with Gasteiger partial charge in [-0.15, -0.1) is 0 Å². The molecule has 0 atom stereocenters. The summed E-state index contributed by atoms with van der Waals surface area (Å²) >= 11 is 0. The number of anilines is 4. The molecule has 0 aliphatic carbocycles. The van der Waals surface area contributed by atoms with Gasteiger partial charge < -0.3 is 30.3 Å². The van der Waals surface area contributed by atoms with Crippen LogP contribution >= 0.6 is 0 Å². The number of alkyl halides is 3. The van der Waals surface area contributed by atoms with Gasteiger partial charge >= 0.3 is 6.18 Å². The van der Waals surface area contributed by atoms with E-state index in [9.17, 15) is 26.4 Å². The summed E-state index contributed by atoms with van der Waals surface area (Å²) in [5.41, 5.74) is -0.334. The summed E-state index contributed by atoms with van der Waals surface area (Å²) in [5.74, 6) is -2.04. The number of aryl methyl sites for hydroxylation is 1. The van der Waals surface area contributed by atoms with Crippen LogP contribution in [0, 0.1) is 12.7 Å². The molecule has 4 rings (SSSR count). The summed E-state index contributed by atoms with van der Waals surface area (Å²) in [6, 6.07) is 5.12. The van der Waals surface area contributed by atoms with Gasteiger partial charge in [0, 0.05) is 38.0 Å². The van der Waals surface area contributed by atoms with Crippen molar-refractivity contribution in [1.82, 2.24) is 20.2 Å². The molecule has 1 aliphatic heterocycles. The molecule has 12 nitrogen and oxygen atoms in total. The van der Waals surface area contributed by atoms with Crippen molar-refractivity contribution in [2.75, 3.05) is 62.6 Å². The fourth-order valence-electron chi connectivity index (χ4n) is 5.06. The van der Waals surface area contributed by atoms with Crippen LogP contribution in [0.15, 0.2) is 30.5 Å². The van der Waals surface area contributed by atoms with E-state index in [0.717, 1.165) is 42.6 Å². The summed E-state index contributed by atoms with van der Waals surface area (Å²) in [4.78, 5) is 22.8. The lowest BCUT2D eigenvalue weighted by atomic mass is 10.0. The van der Waals surface area contributed by atoms with Gasteiger partial charge in [-0.1, -0.05) is 0 Å². The molecule has 0 radical (unpaired) electrons. The molecular weight excluding hydrogens is 646 g/mol. The summed E-state index contributed by atoms with van der Waals surface area (Å²) in [7, 11) is 2.26. The first kappa shape index (κ1) is 35.5. The second-order valence-corrected chi connectivity index (χ2v) is 13.2. The Labute approximate surface area is 270 Å². The van der Waals surface area contributed by atoms with Crippen molar-refractivity contribution < 1.29 is 40.2 Å². The van der Waals surface area contributed by atoms with Gasteiger partial charge in [0.2, 0.25) is 16.0 Å². The molecule has 1 amide bonds. The van der Waals surface area contributed by atoms with Crippen molar-refractivity contribution in [3.8, 4) is 11.5 Å². The van der Waals surface area contributed by atoms with Gasteiger partial charge in [-0.25, -0.2) is 17.8 Å². The van der Waals surface area contributed by atoms with Crippen LogP contribution in [0.2, 0.25) is 0 Å². The number of hydrogen-bond acceptors (Lipinski definition) is 10. The number of rotatable bonds is 11. The van der Waals surface area contributed by atoms with E-state index in [-0.39, 0.29) is 41.2 Å². The minimum absolute atomic E-state index is 0.0279. The summed E-state index contributed by atoms with van der Waals surface area (Å²) in [6.07, 6.45) is -1.86. The summed E-state index contributed by atoms with van der Waals surface area (Å²) in [6.45, 7) is 3.03. The van der Waals surface area contributed by atoms with Gasteiger partial charge in [0.25, 0.3) is 5.91 Å². The third-order valence-corrected chi connectivity index (χ3v) is 9.00. The number of benzene rings is 2. The number of likely N-dealkylation sites (tertiary alicyclic amines) is 1. The molecule has 2 heterocycles. The van der Waals surface area contributed by atoms with Gasteiger partial charge in [-0.05, 0) is 63.2 Å². The van der Waals surface area contributed by atoms with Crippen molar-refractivity contribution >= 4 is 39.1 Å². The number of ether oxygens (including phenoxy) is 2. The van der Waals surface area contributed by atoms with Crippen molar-refractivity contribution in [2.24, 2.45) is 0 Å². The Kier molecular flexibility index (Phi) is 10.7. The maximum atomic E-state index is 15.2. The number of carbonyl (C=O) groups is 1. The van der Waals surface area contributed by atoms with Gasteiger partial charge in [-0.3, -0.25) is 9.10 Å². The summed E-state index contributed by atoms with van der Waals surface area (Å²) < 4.78 is 93.4. The summed E-state index contributed by atoms with van der Waals surface area (Å²) in [5, 5.41) is 8.15. The Bertz CT molecular complexity index is 1730. The van der Waals surface area contributed by atoms with Crippen LogP contribution in [0.1, 0.15) is 39.9 Å². The predicted octanol–water partition coefficient (Wildman–Crippen LogP) is 4.54. The van der Waals surface area contributed by atoms with E-state index in [1.165, 1.54) is 33.4 Å². The number of aromatic nitrogens is 2. The molecule has 1 aliphatic rings. The molecule has 17 heteroatoms. The highest BCUT2D eigenvalue weighted by atomic mass is 32.2. The Hall–Kier alpha value is -4.38. The smallest absolute Gasteiger partial charge is 0.421 e. The average Bonchev–Trinajstić information content (AvgIpc) is 3.00. The van der Waals surface area contributed by atoms with Crippen molar-refractivity contribution in [1.29, 1.82) is 0 Å². The third-order valence-electron chi connectivity index (χ3n) is 7.81. The van der Waals surface area contributed by atoms with Gasteiger partial charge in [0.15, 0.2) is 0 Å². The largest absolute Gasteiger partial charge is 0.496 e. The van der Waals surface area contributed by atoms with Crippen LogP contribution in [0.25, 0.3) is 0 Å². The number of sulfonamides is 1. The van der Waals surface area contributed by atoms with Crippen molar-refractivity contribution in [3.05, 3.63) is 58.5 Å². The monoisotopic (exact) mass is 683 g/mol. The number of carbonyl (C=O) groups excluding carboxylic acids is 1. The van der Waals surface area contributed by atoms with Gasteiger partial charge in [0.05, 0.1) is 37.4 Å². The molecule has 3 N–H and O–H groups in total. The fraction of sp³-hybridized carbons (Fsp3) is 0.433. The van der Waals surface area contributed by atoms with Crippen LogP contribution in [0.3, 0.4) is 0 Å². The molecule has 1 aromatic heterocycles. The molecule has 1 saturated heterocycles. The molecule has 0 spiro atoms. The first-order valence-corrected chi connectivity index (χ1v) is 16.3. The molecule has 3 aromatic rings. The zero-order valence-electron chi connectivity index (χ0n) is 26.7. The molecular formula is C30H37F4N7O5S. The van der Waals surface area contributed by atoms with Crippen LogP contribution in [0.4, 0.5) is 40.7 Å². The molecule has 256 valence electrons.